The van der Waals surface area contributed by atoms with Crippen molar-refractivity contribution in [1.82, 2.24) is 10.6 Å². The molecule has 1 unspecified atom stereocenters. The van der Waals surface area contributed by atoms with Crippen molar-refractivity contribution >= 4 is 23.4 Å². The second-order valence-electron chi connectivity index (χ2n) is 5.75. The third-order valence-electron chi connectivity index (χ3n) is 3.58. The van der Waals surface area contributed by atoms with Gasteiger partial charge in [0, 0.05) is 11.6 Å². The highest BCUT2D eigenvalue weighted by atomic mass is 16.3. The van der Waals surface area contributed by atoms with E-state index in [2.05, 4.69) is 10.6 Å². The van der Waals surface area contributed by atoms with Crippen LogP contribution in [0.15, 0.2) is 72.5 Å². The van der Waals surface area contributed by atoms with Gasteiger partial charge in [-0.2, -0.15) is 0 Å². The van der Waals surface area contributed by atoms with E-state index < -0.39 is 23.6 Å². The van der Waals surface area contributed by atoms with Crippen LogP contribution in [0, 0.1) is 10.8 Å². The normalized spacial score (nSPS) is 12.0. The molecule has 0 aliphatic heterocycles. The number of aliphatic hydroxyl groups is 1. The number of rotatable bonds is 6. The van der Waals surface area contributed by atoms with Crippen LogP contribution in [0.1, 0.15) is 24.1 Å². The molecule has 2 amide bonds. The fraction of sp³-hybridized carbons (Fsp3) is 0.100. The van der Waals surface area contributed by atoms with E-state index >= 15 is 0 Å². The Balaban J connectivity index is 2.21. The highest BCUT2D eigenvalue weighted by Gasteiger charge is 2.25. The first kappa shape index (κ1) is 19.6. The highest BCUT2D eigenvalue weighted by Crippen LogP contribution is 2.13. The average Bonchev–Trinajstić information content (AvgIpc) is 2.66. The maximum Gasteiger partial charge on any atom is 0.270 e. The number of hydrogen-bond acceptors (Lipinski definition) is 5. The van der Waals surface area contributed by atoms with E-state index in [1.54, 1.807) is 60.7 Å². The van der Waals surface area contributed by atoms with Gasteiger partial charge in [-0.15, -0.1) is 0 Å². The van der Waals surface area contributed by atoms with Crippen LogP contribution < -0.4 is 10.6 Å². The summed E-state index contributed by atoms with van der Waals surface area (Å²) in [5.74, 6) is -1.72. The number of amidine groups is 1. The monoisotopic (exact) mass is 364 g/mol. The number of allylic oxidation sites excluding steroid dienone is 1. The number of amides is 2. The van der Waals surface area contributed by atoms with Crippen molar-refractivity contribution in [1.29, 1.82) is 10.8 Å². The summed E-state index contributed by atoms with van der Waals surface area (Å²) in [7, 11) is 0. The first-order valence-corrected chi connectivity index (χ1v) is 8.15. The first-order valence-electron chi connectivity index (χ1n) is 8.15. The molecule has 0 saturated heterocycles. The zero-order valence-electron chi connectivity index (χ0n) is 14.7. The Labute approximate surface area is 156 Å². The highest BCUT2D eigenvalue weighted by molar-refractivity contribution is 6.42. The second kappa shape index (κ2) is 9.10. The maximum atomic E-state index is 12.7. The Bertz CT molecular complexity index is 873. The Morgan fingerprint density at radius 1 is 1.00 bits per heavy atom. The molecule has 0 saturated carbocycles. The minimum atomic E-state index is -1.10. The molecule has 138 valence electrons. The zero-order chi connectivity index (χ0) is 19.8. The molecule has 5 N–H and O–H groups in total. The molecule has 7 heteroatoms. The van der Waals surface area contributed by atoms with Gasteiger partial charge < -0.3 is 15.7 Å². The fourth-order valence-corrected chi connectivity index (χ4v) is 2.30. The van der Waals surface area contributed by atoms with E-state index in [4.69, 9.17) is 10.8 Å². The predicted octanol–water partition coefficient (Wildman–Crippen LogP) is 2.47. The van der Waals surface area contributed by atoms with Crippen molar-refractivity contribution in [3.8, 4) is 0 Å². The molecule has 0 aliphatic rings. The molecule has 0 spiro atoms. The van der Waals surface area contributed by atoms with E-state index in [9.17, 15) is 14.7 Å². The molecule has 0 fully saturated rings. The van der Waals surface area contributed by atoms with Gasteiger partial charge >= 0.3 is 0 Å². The molecule has 0 bridgehead atoms. The number of carbonyl (C=O) groups excluding carboxylic acids is 2. The van der Waals surface area contributed by atoms with Crippen LogP contribution in [0.2, 0.25) is 0 Å². The molecular formula is C20H20N4O3. The SMILES string of the molecule is C/C(O)=C/C(=N)C(=O)NC(C(=O)NC(=N)c1ccccc1)c1ccccc1. The van der Waals surface area contributed by atoms with Crippen LogP contribution in [0.5, 0.6) is 0 Å². The number of aliphatic hydroxyl groups excluding tert-OH is 1. The summed E-state index contributed by atoms with van der Waals surface area (Å²) in [5.41, 5.74) is 0.541. The van der Waals surface area contributed by atoms with Gasteiger partial charge in [0.1, 0.15) is 17.6 Å². The quantitative estimate of drug-likeness (QED) is 0.307. The molecular weight excluding hydrogens is 344 g/mol. The van der Waals surface area contributed by atoms with Gasteiger partial charge in [-0.1, -0.05) is 60.7 Å². The number of hydrogen-bond donors (Lipinski definition) is 5. The van der Waals surface area contributed by atoms with Gasteiger partial charge in [-0.3, -0.25) is 20.4 Å². The Kier molecular flexibility index (Phi) is 6.60. The lowest BCUT2D eigenvalue weighted by atomic mass is 10.1. The minimum Gasteiger partial charge on any atom is -0.513 e. The molecule has 0 heterocycles. The Morgan fingerprint density at radius 2 is 1.56 bits per heavy atom. The summed E-state index contributed by atoms with van der Waals surface area (Å²) in [4.78, 5) is 24.9. The predicted molar refractivity (Wildman–Crippen MR) is 103 cm³/mol. The summed E-state index contributed by atoms with van der Waals surface area (Å²) in [5, 5.41) is 29.9. The standard InChI is InChI=1S/C20H20N4O3/c1-13(25)12-16(21)19(26)23-17(14-8-4-2-5-9-14)20(27)24-18(22)15-10-6-3-7-11-15/h2-12,17,21,25H,1H3,(H,23,26)(H2,22,24,27)/b13-12-,21-16?. The van der Waals surface area contributed by atoms with Gasteiger partial charge in [0.2, 0.25) is 0 Å². The third kappa shape index (κ3) is 5.64. The second-order valence-corrected chi connectivity index (χ2v) is 5.75. The summed E-state index contributed by atoms with van der Waals surface area (Å²) < 4.78 is 0. The Morgan fingerprint density at radius 3 is 2.11 bits per heavy atom. The Hall–Kier alpha value is -3.74. The zero-order valence-corrected chi connectivity index (χ0v) is 14.7. The molecule has 0 radical (unpaired) electrons. The van der Waals surface area contributed by atoms with E-state index in [0.29, 0.717) is 11.1 Å². The molecule has 0 aromatic heterocycles. The van der Waals surface area contributed by atoms with Crippen LogP contribution in [-0.4, -0.2) is 28.5 Å². The summed E-state index contributed by atoms with van der Waals surface area (Å²) in [6, 6.07) is 16.1. The smallest absolute Gasteiger partial charge is 0.270 e. The van der Waals surface area contributed by atoms with Crippen molar-refractivity contribution < 1.29 is 14.7 Å². The molecule has 2 aromatic carbocycles. The lowest BCUT2D eigenvalue weighted by Gasteiger charge is -2.19. The largest absolute Gasteiger partial charge is 0.513 e. The minimum absolute atomic E-state index is 0.100. The first-order chi connectivity index (χ1) is 12.9. The van der Waals surface area contributed by atoms with Crippen molar-refractivity contribution in [3.05, 3.63) is 83.6 Å². The maximum absolute atomic E-state index is 12.7. The molecule has 7 nitrogen and oxygen atoms in total. The van der Waals surface area contributed by atoms with Crippen LogP contribution in [0.25, 0.3) is 0 Å². The molecule has 1 atom stereocenters. The lowest BCUT2D eigenvalue weighted by molar-refractivity contribution is -0.125. The molecule has 2 aromatic rings. The molecule has 2 rings (SSSR count). The lowest BCUT2D eigenvalue weighted by Crippen LogP contribution is -2.44. The van der Waals surface area contributed by atoms with Gasteiger partial charge in [0.05, 0.1) is 5.76 Å². The van der Waals surface area contributed by atoms with Crippen molar-refractivity contribution in [2.45, 2.75) is 13.0 Å². The van der Waals surface area contributed by atoms with Gasteiger partial charge in [-0.25, -0.2) is 0 Å². The van der Waals surface area contributed by atoms with E-state index in [1.165, 1.54) is 6.92 Å². The van der Waals surface area contributed by atoms with Crippen LogP contribution in [-0.2, 0) is 9.59 Å². The number of benzene rings is 2. The van der Waals surface area contributed by atoms with Crippen LogP contribution in [0.3, 0.4) is 0 Å². The van der Waals surface area contributed by atoms with Gasteiger partial charge in [0.15, 0.2) is 0 Å². The van der Waals surface area contributed by atoms with Crippen molar-refractivity contribution in [3.63, 3.8) is 0 Å². The van der Waals surface area contributed by atoms with Crippen molar-refractivity contribution in [2.24, 2.45) is 0 Å². The van der Waals surface area contributed by atoms with E-state index in [1.807, 2.05) is 0 Å². The number of nitrogens with one attached hydrogen (secondary N) is 4. The fourth-order valence-electron chi connectivity index (χ4n) is 2.30. The number of carbonyl (C=O) groups is 2. The third-order valence-corrected chi connectivity index (χ3v) is 3.58. The van der Waals surface area contributed by atoms with Gasteiger partial charge in [0.25, 0.3) is 11.8 Å². The summed E-state index contributed by atoms with van der Waals surface area (Å²) >= 11 is 0. The summed E-state index contributed by atoms with van der Waals surface area (Å²) in [6.07, 6.45) is 0.987. The van der Waals surface area contributed by atoms with Crippen LogP contribution >= 0.6 is 0 Å². The molecule has 27 heavy (non-hydrogen) atoms. The van der Waals surface area contributed by atoms with E-state index in [-0.39, 0.29) is 11.6 Å². The molecule has 0 aliphatic carbocycles. The topological polar surface area (TPSA) is 126 Å². The van der Waals surface area contributed by atoms with Crippen LogP contribution in [0.4, 0.5) is 0 Å². The van der Waals surface area contributed by atoms with E-state index in [0.717, 1.165) is 6.08 Å². The summed E-state index contributed by atoms with van der Waals surface area (Å²) in [6.45, 7) is 1.34. The van der Waals surface area contributed by atoms with Gasteiger partial charge in [-0.05, 0) is 12.5 Å². The average molecular weight is 364 g/mol. The van der Waals surface area contributed by atoms with Crippen molar-refractivity contribution in [2.75, 3.05) is 0 Å².